The first kappa shape index (κ1) is 16.9. The molecule has 0 aliphatic rings. The number of carbonyl (C=O) groups is 1. The minimum Gasteiger partial charge on any atom is -0.397 e. The molecule has 0 radical (unpaired) electrons. The fraction of sp³-hybridized carbons (Fsp3) is 0.417. The molecule has 0 saturated heterocycles. The van der Waals surface area contributed by atoms with Gasteiger partial charge in [0.25, 0.3) is 5.91 Å². The Bertz CT molecular complexity index is 495. The first-order valence-electron chi connectivity index (χ1n) is 5.65. The third kappa shape index (κ3) is 4.18. The van der Waals surface area contributed by atoms with Gasteiger partial charge in [0.2, 0.25) is 0 Å². The summed E-state index contributed by atoms with van der Waals surface area (Å²) in [6.45, 7) is 1.64. The van der Waals surface area contributed by atoms with Crippen molar-refractivity contribution in [2.75, 3.05) is 12.3 Å². The van der Waals surface area contributed by atoms with Crippen LogP contribution >= 0.6 is 23.2 Å². The number of nitrogens with two attached hydrogens (primary N) is 1. The van der Waals surface area contributed by atoms with Crippen LogP contribution in [0.4, 0.5) is 18.9 Å². The first-order valence-corrected chi connectivity index (χ1v) is 6.40. The van der Waals surface area contributed by atoms with Crippen LogP contribution in [0, 0.1) is 0 Å². The lowest BCUT2D eigenvalue weighted by Crippen LogP contribution is -2.43. The smallest absolute Gasteiger partial charge is 0.397 e. The molecule has 0 bridgehead atoms. The van der Waals surface area contributed by atoms with Gasteiger partial charge in [-0.2, -0.15) is 13.2 Å². The van der Waals surface area contributed by atoms with Gasteiger partial charge >= 0.3 is 6.18 Å². The molecule has 1 amide bonds. The highest BCUT2D eigenvalue weighted by molar-refractivity contribution is 6.43. The maximum Gasteiger partial charge on any atom is 0.406 e. The topological polar surface area (TPSA) is 46.3 Å². The van der Waals surface area contributed by atoms with E-state index < -0.39 is 24.7 Å². The summed E-state index contributed by atoms with van der Waals surface area (Å²) in [4.78, 5) is 12.8. The van der Waals surface area contributed by atoms with Crippen LogP contribution in [0.3, 0.4) is 0 Å². The molecule has 112 valence electrons. The summed E-state index contributed by atoms with van der Waals surface area (Å²) in [5, 5.41) is 0.0841. The van der Waals surface area contributed by atoms with Crippen molar-refractivity contribution in [1.29, 1.82) is 0 Å². The van der Waals surface area contributed by atoms with E-state index in [-0.39, 0.29) is 21.3 Å². The summed E-state index contributed by atoms with van der Waals surface area (Å²) in [5.74, 6) is -0.803. The number of amides is 1. The second-order valence-corrected chi connectivity index (χ2v) is 5.29. The van der Waals surface area contributed by atoms with Crippen molar-refractivity contribution >= 4 is 34.8 Å². The normalized spacial score (nSPS) is 11.8. The molecule has 1 aromatic carbocycles. The molecule has 0 unspecified atom stereocenters. The average Bonchev–Trinajstić information content (AvgIpc) is 2.30. The molecule has 0 aliphatic heterocycles. The van der Waals surface area contributed by atoms with Crippen LogP contribution in [0.25, 0.3) is 0 Å². The summed E-state index contributed by atoms with van der Waals surface area (Å²) in [6, 6.07) is 1.79. The van der Waals surface area contributed by atoms with E-state index in [2.05, 4.69) is 0 Å². The number of hydrogen-bond donors (Lipinski definition) is 1. The molecule has 0 spiro atoms. The molecule has 1 rings (SSSR count). The highest BCUT2D eigenvalue weighted by Crippen LogP contribution is 2.30. The molecule has 0 fully saturated rings. The van der Waals surface area contributed by atoms with Crippen LogP contribution in [0.2, 0.25) is 10.0 Å². The van der Waals surface area contributed by atoms with Gasteiger partial charge in [0.1, 0.15) is 6.54 Å². The number of hydrogen-bond acceptors (Lipinski definition) is 2. The fourth-order valence-electron chi connectivity index (χ4n) is 1.58. The summed E-state index contributed by atoms with van der Waals surface area (Å²) in [5.41, 5.74) is 5.56. The highest BCUT2D eigenvalue weighted by atomic mass is 35.5. The molecule has 3 nitrogen and oxygen atoms in total. The van der Waals surface area contributed by atoms with Gasteiger partial charge in [0.05, 0.1) is 15.7 Å². The number of rotatable bonds is 3. The van der Waals surface area contributed by atoms with Crippen LogP contribution in [-0.2, 0) is 0 Å². The molecule has 0 heterocycles. The predicted molar refractivity (Wildman–Crippen MR) is 73.1 cm³/mol. The van der Waals surface area contributed by atoms with Gasteiger partial charge in [0.15, 0.2) is 0 Å². The van der Waals surface area contributed by atoms with Gasteiger partial charge in [-0.3, -0.25) is 4.79 Å². The Balaban J connectivity index is 3.13. The Kier molecular flexibility index (Phi) is 5.15. The molecule has 0 saturated carbocycles. The number of nitrogen functional groups attached to an aromatic ring is 1. The fourth-order valence-corrected chi connectivity index (χ4v) is 1.92. The van der Waals surface area contributed by atoms with Crippen LogP contribution in [0.15, 0.2) is 12.1 Å². The van der Waals surface area contributed by atoms with Gasteiger partial charge in [-0.15, -0.1) is 0 Å². The predicted octanol–water partition coefficient (Wildman–Crippen LogP) is 3.99. The number of anilines is 1. The summed E-state index contributed by atoms with van der Waals surface area (Å²) >= 11 is 11.5. The SMILES string of the molecule is CC(C)N(CC(F)(F)F)C(=O)c1cc(N)c(Cl)c(Cl)c1. The second-order valence-electron chi connectivity index (χ2n) is 4.50. The van der Waals surface area contributed by atoms with Gasteiger partial charge in [-0.1, -0.05) is 23.2 Å². The molecule has 8 heteroatoms. The maximum absolute atomic E-state index is 12.5. The molecule has 2 N–H and O–H groups in total. The third-order valence-corrected chi connectivity index (χ3v) is 3.35. The number of benzene rings is 1. The summed E-state index contributed by atoms with van der Waals surface area (Å²) in [7, 11) is 0. The molecule has 20 heavy (non-hydrogen) atoms. The highest BCUT2D eigenvalue weighted by Gasteiger charge is 2.34. The quantitative estimate of drug-likeness (QED) is 0.853. The van der Waals surface area contributed by atoms with E-state index in [9.17, 15) is 18.0 Å². The number of carbonyl (C=O) groups excluding carboxylic acids is 1. The summed E-state index contributed by atoms with van der Waals surface area (Å²) in [6.07, 6.45) is -4.48. The first-order chi connectivity index (χ1) is 9.03. The van der Waals surface area contributed by atoms with Crippen molar-refractivity contribution in [3.8, 4) is 0 Å². The summed E-state index contributed by atoms with van der Waals surface area (Å²) < 4.78 is 37.5. The van der Waals surface area contributed by atoms with Crippen molar-refractivity contribution in [1.82, 2.24) is 4.90 Å². The Morgan fingerprint density at radius 1 is 1.35 bits per heavy atom. The number of nitrogens with zero attached hydrogens (tertiary/aromatic N) is 1. The lowest BCUT2D eigenvalue weighted by Gasteiger charge is -2.28. The third-order valence-electron chi connectivity index (χ3n) is 2.54. The zero-order chi connectivity index (χ0) is 15.7. The van der Waals surface area contributed by atoms with E-state index in [1.165, 1.54) is 26.0 Å². The zero-order valence-corrected chi connectivity index (χ0v) is 12.3. The minimum absolute atomic E-state index is 0.0192. The second kappa shape index (κ2) is 6.10. The van der Waals surface area contributed by atoms with Crippen LogP contribution in [0.5, 0.6) is 0 Å². The average molecular weight is 329 g/mol. The molecule has 0 atom stereocenters. The van der Waals surface area contributed by atoms with Gasteiger partial charge in [-0.25, -0.2) is 0 Å². The van der Waals surface area contributed by atoms with Crippen LogP contribution < -0.4 is 5.73 Å². The molecular formula is C12H13Cl2F3N2O. The zero-order valence-electron chi connectivity index (χ0n) is 10.8. The van der Waals surface area contributed by atoms with E-state index in [0.717, 1.165) is 0 Å². The Hall–Kier alpha value is -1.14. The standard InChI is InChI=1S/C12H13Cl2F3N2O/c1-6(2)19(5-12(15,16)17)11(20)7-3-8(13)10(14)9(18)4-7/h3-4,6H,5,18H2,1-2H3. The maximum atomic E-state index is 12.5. The van der Waals surface area contributed by atoms with Crippen molar-refractivity contribution in [2.24, 2.45) is 0 Å². The van der Waals surface area contributed by atoms with Crippen LogP contribution in [0.1, 0.15) is 24.2 Å². The molecule has 0 aromatic heterocycles. The van der Waals surface area contributed by atoms with Crippen molar-refractivity contribution in [3.05, 3.63) is 27.7 Å². The van der Waals surface area contributed by atoms with Gasteiger partial charge in [-0.05, 0) is 26.0 Å². The Morgan fingerprint density at radius 2 is 1.90 bits per heavy atom. The lowest BCUT2D eigenvalue weighted by atomic mass is 10.1. The van der Waals surface area contributed by atoms with Crippen molar-refractivity contribution in [3.63, 3.8) is 0 Å². The Labute approximate surface area is 124 Å². The van der Waals surface area contributed by atoms with Crippen molar-refractivity contribution in [2.45, 2.75) is 26.1 Å². The van der Waals surface area contributed by atoms with Gasteiger partial charge in [0, 0.05) is 11.6 Å². The van der Waals surface area contributed by atoms with E-state index in [4.69, 9.17) is 28.9 Å². The molecular weight excluding hydrogens is 316 g/mol. The lowest BCUT2D eigenvalue weighted by molar-refractivity contribution is -0.143. The number of alkyl halides is 3. The van der Waals surface area contributed by atoms with Gasteiger partial charge < -0.3 is 10.6 Å². The van der Waals surface area contributed by atoms with E-state index in [0.29, 0.717) is 4.90 Å². The number of halogens is 5. The van der Waals surface area contributed by atoms with Crippen molar-refractivity contribution < 1.29 is 18.0 Å². The molecule has 0 aliphatic carbocycles. The van der Waals surface area contributed by atoms with E-state index in [1.807, 2.05) is 0 Å². The van der Waals surface area contributed by atoms with Crippen LogP contribution in [-0.4, -0.2) is 29.6 Å². The monoisotopic (exact) mass is 328 g/mol. The largest absolute Gasteiger partial charge is 0.406 e. The molecule has 1 aromatic rings. The Morgan fingerprint density at radius 3 is 2.30 bits per heavy atom. The van der Waals surface area contributed by atoms with E-state index >= 15 is 0 Å². The minimum atomic E-state index is -4.48. The van der Waals surface area contributed by atoms with E-state index in [1.54, 1.807) is 0 Å².